The summed E-state index contributed by atoms with van der Waals surface area (Å²) >= 11 is 3.26. The molecule has 2 atom stereocenters. The molecule has 0 fully saturated rings. The van der Waals surface area contributed by atoms with E-state index < -0.39 is 22.0 Å². The van der Waals surface area contributed by atoms with Gasteiger partial charge >= 0.3 is 5.97 Å². The topological polar surface area (TPSA) is 72.5 Å². The second kappa shape index (κ2) is 7.38. The number of nitrogens with one attached hydrogen (secondary N) is 1. The predicted molar refractivity (Wildman–Crippen MR) is 84.5 cm³/mol. The molecule has 21 heavy (non-hydrogen) atoms. The first-order chi connectivity index (χ1) is 9.72. The van der Waals surface area contributed by atoms with E-state index in [0.717, 1.165) is 0 Å². The van der Waals surface area contributed by atoms with E-state index in [4.69, 9.17) is 4.74 Å². The average molecular weight is 378 g/mol. The van der Waals surface area contributed by atoms with E-state index in [1.54, 1.807) is 26.0 Å². The van der Waals surface area contributed by atoms with Gasteiger partial charge in [0.25, 0.3) is 0 Å². The van der Waals surface area contributed by atoms with Gasteiger partial charge in [-0.05, 0) is 30.5 Å². The molecule has 5 nitrogen and oxygen atoms in total. The van der Waals surface area contributed by atoms with Gasteiger partial charge in [-0.3, -0.25) is 4.79 Å². The maximum absolute atomic E-state index is 12.5. The minimum Gasteiger partial charge on any atom is -0.468 e. The number of sulfonamides is 1. The van der Waals surface area contributed by atoms with Crippen LogP contribution in [0.2, 0.25) is 0 Å². The Morgan fingerprint density at radius 3 is 2.57 bits per heavy atom. The van der Waals surface area contributed by atoms with Gasteiger partial charge in [-0.15, -0.1) is 0 Å². The number of carbonyl (C=O) groups is 1. The molecule has 0 unspecified atom stereocenters. The summed E-state index contributed by atoms with van der Waals surface area (Å²) in [6.07, 6.45) is 0.653. The highest BCUT2D eigenvalue weighted by Gasteiger charge is 2.31. The van der Waals surface area contributed by atoms with Gasteiger partial charge in [-0.1, -0.05) is 42.3 Å². The second-order valence-electron chi connectivity index (χ2n) is 4.92. The molecule has 0 aliphatic rings. The molecular weight excluding hydrogens is 358 g/mol. The van der Waals surface area contributed by atoms with E-state index in [2.05, 4.69) is 20.7 Å². The summed E-state index contributed by atoms with van der Waals surface area (Å²) in [5.74, 6) is -0.750. The smallest absolute Gasteiger partial charge is 0.324 e. The summed E-state index contributed by atoms with van der Waals surface area (Å²) in [6, 6.07) is 4.08. The van der Waals surface area contributed by atoms with E-state index in [-0.39, 0.29) is 10.8 Å². The predicted octanol–water partition coefficient (Wildman–Crippen LogP) is 2.62. The molecule has 0 heterocycles. The van der Waals surface area contributed by atoms with Crippen LogP contribution in [0.5, 0.6) is 0 Å². The minimum atomic E-state index is -3.80. The van der Waals surface area contributed by atoms with E-state index in [1.807, 2.05) is 6.92 Å². The zero-order valence-electron chi connectivity index (χ0n) is 12.5. The highest BCUT2D eigenvalue weighted by atomic mass is 79.9. The Bertz CT molecular complexity index is 615. The Hall–Kier alpha value is -0.920. The van der Waals surface area contributed by atoms with Gasteiger partial charge in [0.1, 0.15) is 6.04 Å². The van der Waals surface area contributed by atoms with Crippen molar-refractivity contribution in [2.75, 3.05) is 7.11 Å². The number of esters is 1. The number of carbonyl (C=O) groups excluding carboxylic acids is 1. The Morgan fingerprint density at radius 1 is 1.43 bits per heavy atom. The third kappa shape index (κ3) is 4.52. The zero-order valence-corrected chi connectivity index (χ0v) is 14.9. The molecule has 0 saturated heterocycles. The normalized spacial score (nSPS) is 14.5. The van der Waals surface area contributed by atoms with Crippen LogP contribution in [-0.4, -0.2) is 27.5 Å². The van der Waals surface area contributed by atoms with Crippen LogP contribution in [0, 0.1) is 12.8 Å². The second-order valence-corrected chi connectivity index (χ2v) is 7.52. The summed E-state index contributed by atoms with van der Waals surface area (Å²) in [4.78, 5) is 12.0. The van der Waals surface area contributed by atoms with Crippen molar-refractivity contribution in [1.82, 2.24) is 4.72 Å². The molecule has 0 amide bonds. The molecule has 0 aliphatic heterocycles. The lowest BCUT2D eigenvalue weighted by Gasteiger charge is -2.22. The molecule has 0 aromatic heterocycles. The molecule has 118 valence electrons. The van der Waals surface area contributed by atoms with Crippen LogP contribution in [0.1, 0.15) is 25.8 Å². The van der Waals surface area contributed by atoms with Crippen LogP contribution in [0.15, 0.2) is 27.6 Å². The van der Waals surface area contributed by atoms with Gasteiger partial charge in [0.15, 0.2) is 0 Å². The first-order valence-electron chi connectivity index (χ1n) is 6.59. The molecule has 1 aromatic carbocycles. The fraction of sp³-hybridized carbons (Fsp3) is 0.500. The van der Waals surface area contributed by atoms with Gasteiger partial charge in [0, 0.05) is 4.47 Å². The first kappa shape index (κ1) is 18.1. The standard InChI is InChI=1S/C14H20BrNO4S/c1-5-9(2)13(14(17)20-4)16-21(18,19)12-8-11(15)7-6-10(12)3/h6-9,13,16H,5H2,1-4H3/t9-,13-/m0/s1. The lowest BCUT2D eigenvalue weighted by molar-refractivity contribution is -0.143. The summed E-state index contributed by atoms with van der Waals surface area (Å²) in [5, 5.41) is 0. The Kier molecular flexibility index (Phi) is 6.37. The average Bonchev–Trinajstić information content (AvgIpc) is 2.45. The van der Waals surface area contributed by atoms with Crippen molar-refractivity contribution in [2.45, 2.75) is 38.1 Å². The highest BCUT2D eigenvalue weighted by Crippen LogP contribution is 2.22. The third-order valence-corrected chi connectivity index (χ3v) is 5.47. The minimum absolute atomic E-state index is 0.147. The summed E-state index contributed by atoms with van der Waals surface area (Å²) in [6.45, 7) is 5.40. The maximum atomic E-state index is 12.5. The Labute approximate surface area is 134 Å². The Morgan fingerprint density at radius 2 is 2.05 bits per heavy atom. The number of rotatable bonds is 6. The summed E-state index contributed by atoms with van der Waals surface area (Å²) in [7, 11) is -2.56. The molecule has 0 aliphatic carbocycles. The van der Waals surface area contributed by atoms with Gasteiger partial charge in [0.05, 0.1) is 12.0 Å². The van der Waals surface area contributed by atoms with Gasteiger partial charge in [-0.25, -0.2) is 8.42 Å². The monoisotopic (exact) mass is 377 g/mol. The fourth-order valence-corrected chi connectivity index (χ4v) is 3.93. The molecule has 1 N–H and O–H groups in total. The zero-order chi connectivity index (χ0) is 16.2. The van der Waals surface area contributed by atoms with E-state index in [9.17, 15) is 13.2 Å². The molecule has 0 spiro atoms. The molecule has 0 radical (unpaired) electrons. The number of hydrogen-bond acceptors (Lipinski definition) is 4. The number of hydrogen-bond donors (Lipinski definition) is 1. The van der Waals surface area contributed by atoms with Gasteiger partial charge < -0.3 is 4.74 Å². The molecule has 0 bridgehead atoms. The fourth-order valence-electron chi connectivity index (χ4n) is 1.85. The molecular formula is C14H20BrNO4S. The van der Waals surface area contributed by atoms with Crippen molar-refractivity contribution in [3.05, 3.63) is 28.2 Å². The van der Waals surface area contributed by atoms with Crippen LogP contribution in [0.4, 0.5) is 0 Å². The molecule has 7 heteroatoms. The molecule has 1 aromatic rings. The van der Waals surface area contributed by atoms with E-state index in [1.165, 1.54) is 13.2 Å². The lowest BCUT2D eigenvalue weighted by atomic mass is 10.0. The third-order valence-electron chi connectivity index (χ3n) is 3.39. The van der Waals surface area contributed by atoms with Crippen molar-refractivity contribution in [3.63, 3.8) is 0 Å². The largest absolute Gasteiger partial charge is 0.468 e. The number of halogens is 1. The van der Waals surface area contributed by atoms with Gasteiger partial charge in [-0.2, -0.15) is 4.72 Å². The van der Waals surface area contributed by atoms with Gasteiger partial charge in [0.2, 0.25) is 10.0 Å². The van der Waals surface area contributed by atoms with E-state index in [0.29, 0.717) is 16.5 Å². The van der Waals surface area contributed by atoms with Crippen molar-refractivity contribution in [2.24, 2.45) is 5.92 Å². The SMILES string of the molecule is CC[C@H](C)[C@H](NS(=O)(=O)c1cc(Br)ccc1C)C(=O)OC. The summed E-state index contributed by atoms with van der Waals surface area (Å²) < 4.78 is 32.8. The first-order valence-corrected chi connectivity index (χ1v) is 8.86. The number of aryl methyl sites for hydroxylation is 1. The van der Waals surface area contributed by atoms with Crippen LogP contribution >= 0.6 is 15.9 Å². The number of methoxy groups -OCH3 is 1. The van der Waals surface area contributed by atoms with Crippen molar-refractivity contribution >= 4 is 31.9 Å². The molecule has 1 rings (SSSR count). The number of ether oxygens (including phenoxy) is 1. The van der Waals surface area contributed by atoms with Crippen LogP contribution in [-0.2, 0) is 19.6 Å². The van der Waals surface area contributed by atoms with Crippen molar-refractivity contribution in [1.29, 1.82) is 0 Å². The summed E-state index contributed by atoms with van der Waals surface area (Å²) in [5.41, 5.74) is 0.610. The van der Waals surface area contributed by atoms with E-state index >= 15 is 0 Å². The van der Waals surface area contributed by atoms with Crippen molar-refractivity contribution in [3.8, 4) is 0 Å². The number of benzene rings is 1. The highest BCUT2D eigenvalue weighted by molar-refractivity contribution is 9.10. The van der Waals surface area contributed by atoms with Crippen LogP contribution < -0.4 is 4.72 Å². The van der Waals surface area contributed by atoms with Crippen molar-refractivity contribution < 1.29 is 17.9 Å². The van der Waals surface area contributed by atoms with Crippen LogP contribution in [0.3, 0.4) is 0 Å². The van der Waals surface area contributed by atoms with Crippen LogP contribution in [0.25, 0.3) is 0 Å². The Balaban J connectivity index is 3.17. The molecule has 0 saturated carbocycles. The maximum Gasteiger partial charge on any atom is 0.324 e. The quantitative estimate of drug-likeness (QED) is 0.773. The lowest BCUT2D eigenvalue weighted by Crippen LogP contribution is -2.45.